The molecule has 0 saturated heterocycles. The molecule has 3 rings (SSSR count). The van der Waals surface area contributed by atoms with E-state index in [0.717, 1.165) is 0 Å². The van der Waals surface area contributed by atoms with Crippen molar-refractivity contribution in [1.29, 1.82) is 0 Å². The molecule has 20 heavy (non-hydrogen) atoms. The Balaban J connectivity index is 0.000001000. The second-order valence-corrected chi connectivity index (χ2v) is 8.71. The number of halogens is 2. The van der Waals surface area contributed by atoms with Gasteiger partial charge in [-0.1, -0.05) is 0 Å². The van der Waals surface area contributed by atoms with Gasteiger partial charge in [0.15, 0.2) is 0 Å². The summed E-state index contributed by atoms with van der Waals surface area (Å²) < 4.78 is 0.207. The van der Waals surface area contributed by atoms with Crippen molar-refractivity contribution in [2.24, 2.45) is 0 Å². The zero-order valence-electron chi connectivity index (χ0n) is 10.7. The maximum absolute atomic E-state index is 2.37. The second kappa shape index (κ2) is 7.72. The van der Waals surface area contributed by atoms with Gasteiger partial charge in [-0.3, -0.25) is 0 Å². The minimum atomic E-state index is 0. The standard InChI is InChI=1S/C16H12P.2ClH.Zr/c1-3-7-13(8-4-1)15-11-12-16(17-15)14-9-5-2-6-10-14;;;/h1-12H;2*1H;. The molecular weight excluding hydrogens is 385 g/mol. The van der Waals surface area contributed by atoms with Gasteiger partial charge in [-0.15, -0.1) is 24.8 Å². The Morgan fingerprint density at radius 2 is 1.35 bits per heavy atom. The average Bonchev–Trinajstić information content (AvgIpc) is 2.85. The predicted molar refractivity (Wildman–Crippen MR) is 89.2 cm³/mol. The Labute approximate surface area is 149 Å². The third kappa shape index (κ3) is 3.72. The van der Waals surface area contributed by atoms with Gasteiger partial charge in [0, 0.05) is 0 Å². The Morgan fingerprint density at radius 1 is 0.800 bits per heavy atom. The van der Waals surface area contributed by atoms with Crippen LogP contribution >= 0.6 is 33.0 Å². The normalized spacial score (nSPS) is 20.4. The van der Waals surface area contributed by atoms with Crippen molar-refractivity contribution in [3.05, 3.63) is 83.9 Å². The Hall–Kier alpha value is -0.187. The summed E-state index contributed by atoms with van der Waals surface area (Å²) in [6.07, 6.45) is 4.66. The molecule has 0 amide bonds. The molecule has 1 unspecified atom stereocenters. The summed E-state index contributed by atoms with van der Waals surface area (Å²) in [5.74, 6) is 0. The van der Waals surface area contributed by atoms with Crippen molar-refractivity contribution in [1.82, 2.24) is 0 Å². The predicted octanol–water partition coefficient (Wildman–Crippen LogP) is 4.97. The van der Waals surface area contributed by atoms with Gasteiger partial charge in [0.25, 0.3) is 0 Å². The summed E-state index contributed by atoms with van der Waals surface area (Å²) in [4.78, 5) is 0. The number of hydrogen-bond acceptors (Lipinski definition) is 0. The van der Waals surface area contributed by atoms with Crippen LogP contribution in [0.15, 0.2) is 72.8 Å². The Kier molecular flexibility index (Phi) is 6.89. The first-order valence-corrected chi connectivity index (χ1v) is 8.05. The van der Waals surface area contributed by atoms with E-state index < -0.39 is 0 Å². The van der Waals surface area contributed by atoms with E-state index in [-0.39, 0.29) is 27.7 Å². The quantitative estimate of drug-likeness (QED) is 0.626. The first-order chi connectivity index (χ1) is 8.78. The summed E-state index contributed by atoms with van der Waals surface area (Å²) in [6.45, 7) is 0. The van der Waals surface area contributed by atoms with Crippen LogP contribution in [0.5, 0.6) is 0 Å². The van der Waals surface area contributed by atoms with Crippen molar-refractivity contribution in [2.75, 3.05) is 0 Å². The molecule has 1 heterocycles. The van der Waals surface area contributed by atoms with E-state index in [9.17, 15) is 0 Å². The summed E-state index contributed by atoms with van der Waals surface area (Å²) in [5.41, 5.74) is 2.77. The Bertz CT molecular complexity index is 611. The molecule has 0 aromatic heterocycles. The molecule has 2 aromatic rings. The van der Waals surface area contributed by atoms with Gasteiger partial charge in [-0.25, -0.2) is 0 Å². The van der Waals surface area contributed by atoms with Crippen LogP contribution in [0.1, 0.15) is 11.1 Å². The molecule has 0 bridgehead atoms. The van der Waals surface area contributed by atoms with E-state index in [4.69, 9.17) is 0 Å². The van der Waals surface area contributed by atoms with Crippen LogP contribution in [-0.2, 0) is 27.6 Å². The van der Waals surface area contributed by atoms with E-state index in [1.807, 2.05) is 0 Å². The van der Waals surface area contributed by atoms with Crippen molar-refractivity contribution in [3.63, 3.8) is 0 Å². The number of rotatable bonds is 2. The van der Waals surface area contributed by atoms with E-state index in [0.29, 0.717) is 0 Å². The number of benzene rings is 2. The van der Waals surface area contributed by atoms with Crippen LogP contribution in [-0.4, -0.2) is 5.29 Å². The van der Waals surface area contributed by atoms with Gasteiger partial charge in [0.05, 0.1) is 0 Å². The molecule has 0 fully saturated rings. The van der Waals surface area contributed by atoms with Crippen LogP contribution in [0, 0.1) is 0 Å². The fourth-order valence-electron chi connectivity index (χ4n) is 2.09. The summed E-state index contributed by atoms with van der Waals surface area (Å²) in [6, 6.07) is 21.5. The molecule has 1 aliphatic heterocycles. The topological polar surface area (TPSA) is 0 Å². The van der Waals surface area contributed by atoms with Crippen LogP contribution in [0.3, 0.4) is 0 Å². The van der Waals surface area contributed by atoms with Gasteiger partial charge in [-0.05, 0) is 0 Å². The summed E-state index contributed by atoms with van der Waals surface area (Å²) in [7, 11) is 1.40. The molecule has 0 nitrogen and oxygen atoms in total. The SMILES string of the molecule is Cl.Cl.[Zr][C]1(c2ccccc2)C=CC(c2ccccc2)=P1. The van der Waals surface area contributed by atoms with Crippen LogP contribution in [0.25, 0.3) is 0 Å². The van der Waals surface area contributed by atoms with Gasteiger partial charge in [0.1, 0.15) is 0 Å². The van der Waals surface area contributed by atoms with Crippen LogP contribution < -0.4 is 0 Å². The number of allylic oxidation sites excluding steroid dienone is 2. The molecule has 4 heteroatoms. The van der Waals surface area contributed by atoms with Crippen molar-refractivity contribution in [3.8, 4) is 0 Å². The first kappa shape index (κ1) is 17.9. The zero-order valence-corrected chi connectivity index (χ0v) is 15.7. The molecule has 0 aliphatic carbocycles. The second-order valence-electron chi connectivity index (χ2n) is 4.33. The fourth-order valence-corrected chi connectivity index (χ4v) is 4.82. The molecule has 1 atom stereocenters. The third-order valence-electron chi connectivity index (χ3n) is 3.06. The number of hydrogen-bond donors (Lipinski definition) is 0. The molecular formula is C16H14Cl2PZr. The fraction of sp³-hybridized carbons (Fsp3) is 0.0625. The van der Waals surface area contributed by atoms with Crippen molar-refractivity contribution in [2.45, 2.75) is 2.86 Å². The molecule has 0 saturated carbocycles. The van der Waals surface area contributed by atoms with E-state index >= 15 is 0 Å². The van der Waals surface area contributed by atoms with Crippen molar-refractivity contribution < 1.29 is 24.7 Å². The monoisotopic (exact) mass is 397 g/mol. The summed E-state index contributed by atoms with van der Waals surface area (Å²) in [5, 5.41) is 1.43. The van der Waals surface area contributed by atoms with Crippen LogP contribution in [0.4, 0.5) is 0 Å². The molecule has 101 valence electrons. The average molecular weight is 399 g/mol. The Morgan fingerprint density at radius 3 is 1.95 bits per heavy atom. The minimum absolute atomic E-state index is 0. The molecule has 2 aromatic carbocycles. The molecule has 0 spiro atoms. The van der Waals surface area contributed by atoms with Gasteiger partial charge in [0.2, 0.25) is 0 Å². The first-order valence-electron chi connectivity index (χ1n) is 5.93. The van der Waals surface area contributed by atoms with Gasteiger partial charge < -0.3 is 0 Å². The van der Waals surface area contributed by atoms with E-state index in [2.05, 4.69) is 72.8 Å². The van der Waals surface area contributed by atoms with Crippen LogP contribution in [0.2, 0.25) is 0 Å². The summed E-state index contributed by atoms with van der Waals surface area (Å²) >= 11 is 1.55. The molecule has 0 radical (unpaired) electrons. The van der Waals surface area contributed by atoms with E-state index in [1.54, 1.807) is 24.7 Å². The maximum atomic E-state index is 2.37. The van der Waals surface area contributed by atoms with Gasteiger partial charge >= 0.3 is 125 Å². The van der Waals surface area contributed by atoms with Gasteiger partial charge in [-0.2, -0.15) is 0 Å². The van der Waals surface area contributed by atoms with E-state index in [1.165, 1.54) is 24.6 Å². The third-order valence-corrected chi connectivity index (χ3v) is 6.41. The van der Waals surface area contributed by atoms with Crippen molar-refractivity contribution >= 4 is 38.3 Å². The molecule has 1 aliphatic rings. The zero-order chi connectivity index (χ0) is 12.4. The molecule has 0 N–H and O–H groups in total.